The van der Waals surface area contributed by atoms with E-state index in [0.717, 1.165) is 32.1 Å². The van der Waals surface area contributed by atoms with Crippen molar-refractivity contribution in [3.05, 3.63) is 0 Å². The number of rotatable bonds is 8. The molecule has 0 radical (unpaired) electrons. The highest BCUT2D eigenvalue weighted by Crippen LogP contribution is 2.26. The van der Waals surface area contributed by atoms with Gasteiger partial charge in [-0.05, 0) is 18.3 Å². The van der Waals surface area contributed by atoms with Crippen molar-refractivity contribution in [1.82, 2.24) is 5.32 Å². The first-order valence-electron chi connectivity index (χ1n) is 7.27. The van der Waals surface area contributed by atoms with Crippen LogP contribution < -0.4 is 5.32 Å². The second kappa shape index (κ2) is 8.18. The van der Waals surface area contributed by atoms with Gasteiger partial charge in [0.25, 0.3) is 0 Å². The van der Waals surface area contributed by atoms with Gasteiger partial charge in [0, 0.05) is 6.04 Å². The van der Waals surface area contributed by atoms with Crippen LogP contribution in [0.4, 0.5) is 0 Å². The topological polar surface area (TPSA) is 66.4 Å². The summed E-state index contributed by atoms with van der Waals surface area (Å²) in [6, 6.07) is 0.0987. The van der Waals surface area contributed by atoms with Gasteiger partial charge in [0.2, 0.25) is 5.91 Å². The molecule has 2 atom stereocenters. The molecule has 0 rings (SSSR count). The Morgan fingerprint density at radius 1 is 1.11 bits per heavy atom. The van der Waals surface area contributed by atoms with Crippen molar-refractivity contribution in [1.29, 1.82) is 0 Å². The van der Waals surface area contributed by atoms with Gasteiger partial charge in [0.15, 0.2) is 0 Å². The number of aliphatic carboxylic acids is 1. The van der Waals surface area contributed by atoms with E-state index in [1.807, 2.05) is 0 Å². The molecule has 0 bridgehead atoms. The lowest BCUT2D eigenvalue weighted by molar-refractivity contribution is -0.151. The highest BCUT2D eigenvalue weighted by molar-refractivity contribution is 5.97. The van der Waals surface area contributed by atoms with E-state index in [1.165, 1.54) is 0 Å². The number of hydrogen-bond donors (Lipinski definition) is 2. The summed E-state index contributed by atoms with van der Waals surface area (Å²) in [5.41, 5.74) is -0.572. The SMILES string of the molecule is CCCCC(CCC)NC(=O)C(C(=O)O)C(C)(C)C. The van der Waals surface area contributed by atoms with Crippen LogP contribution in [-0.2, 0) is 9.59 Å². The molecular formula is C15H29NO3. The number of carboxylic acids is 1. The highest BCUT2D eigenvalue weighted by atomic mass is 16.4. The molecule has 2 N–H and O–H groups in total. The molecule has 0 aliphatic heterocycles. The van der Waals surface area contributed by atoms with E-state index in [-0.39, 0.29) is 11.9 Å². The predicted octanol–water partition coefficient (Wildman–Crippen LogP) is 3.21. The number of carbonyl (C=O) groups is 2. The second-order valence-corrected chi connectivity index (χ2v) is 6.27. The zero-order chi connectivity index (χ0) is 15.1. The third kappa shape index (κ3) is 6.60. The fourth-order valence-electron chi connectivity index (χ4n) is 2.25. The van der Waals surface area contributed by atoms with Crippen LogP contribution >= 0.6 is 0 Å². The van der Waals surface area contributed by atoms with Gasteiger partial charge in [-0.2, -0.15) is 0 Å². The van der Waals surface area contributed by atoms with Gasteiger partial charge in [-0.3, -0.25) is 9.59 Å². The maximum Gasteiger partial charge on any atom is 0.316 e. The molecule has 0 aliphatic rings. The molecule has 0 fully saturated rings. The molecule has 112 valence electrons. The van der Waals surface area contributed by atoms with Crippen LogP contribution in [0.3, 0.4) is 0 Å². The maximum absolute atomic E-state index is 12.2. The summed E-state index contributed by atoms with van der Waals surface area (Å²) in [5, 5.41) is 12.2. The molecule has 2 unspecified atom stereocenters. The van der Waals surface area contributed by atoms with E-state index in [1.54, 1.807) is 20.8 Å². The average Bonchev–Trinajstić information content (AvgIpc) is 2.23. The Hall–Kier alpha value is -1.06. The Balaban J connectivity index is 4.71. The molecule has 0 aromatic heterocycles. The zero-order valence-electron chi connectivity index (χ0n) is 13.0. The Morgan fingerprint density at radius 3 is 2.05 bits per heavy atom. The first-order valence-corrected chi connectivity index (χ1v) is 7.27. The zero-order valence-corrected chi connectivity index (χ0v) is 13.0. The normalized spacial score (nSPS) is 14.8. The molecule has 0 aromatic rings. The van der Waals surface area contributed by atoms with Crippen LogP contribution in [0.25, 0.3) is 0 Å². The molecule has 0 aromatic carbocycles. The monoisotopic (exact) mass is 271 g/mol. The first-order chi connectivity index (χ1) is 8.73. The van der Waals surface area contributed by atoms with Gasteiger partial charge in [-0.25, -0.2) is 0 Å². The Labute approximate surface area is 117 Å². The molecule has 4 heteroatoms. The molecule has 19 heavy (non-hydrogen) atoms. The summed E-state index contributed by atoms with van der Waals surface area (Å²) in [5.74, 6) is -2.39. The summed E-state index contributed by atoms with van der Waals surface area (Å²) < 4.78 is 0. The molecule has 1 amide bonds. The molecule has 0 spiro atoms. The lowest BCUT2D eigenvalue weighted by Crippen LogP contribution is -2.46. The van der Waals surface area contributed by atoms with E-state index < -0.39 is 17.3 Å². The Bertz CT molecular complexity index is 294. The second-order valence-electron chi connectivity index (χ2n) is 6.27. The number of nitrogens with one attached hydrogen (secondary N) is 1. The fourth-order valence-corrected chi connectivity index (χ4v) is 2.25. The molecule has 4 nitrogen and oxygen atoms in total. The van der Waals surface area contributed by atoms with E-state index in [9.17, 15) is 14.7 Å². The van der Waals surface area contributed by atoms with Crippen molar-refractivity contribution >= 4 is 11.9 Å². The molecule has 0 saturated heterocycles. The largest absolute Gasteiger partial charge is 0.481 e. The quantitative estimate of drug-likeness (QED) is 0.666. The smallest absolute Gasteiger partial charge is 0.316 e. The standard InChI is InChI=1S/C15H29NO3/c1-6-8-10-11(9-7-2)16-13(17)12(14(18)19)15(3,4)5/h11-12H,6-10H2,1-5H3,(H,16,17)(H,18,19). The number of carbonyl (C=O) groups excluding carboxylic acids is 1. The fraction of sp³-hybridized carbons (Fsp3) is 0.867. The van der Waals surface area contributed by atoms with Crippen LogP contribution in [0.1, 0.15) is 66.7 Å². The first kappa shape index (κ1) is 17.9. The van der Waals surface area contributed by atoms with Gasteiger partial charge >= 0.3 is 5.97 Å². The number of hydrogen-bond acceptors (Lipinski definition) is 2. The summed E-state index contributed by atoms with van der Waals surface area (Å²) in [4.78, 5) is 23.5. The lowest BCUT2D eigenvalue weighted by atomic mass is 9.80. The molecule has 0 saturated carbocycles. The van der Waals surface area contributed by atoms with Gasteiger partial charge in [0.1, 0.15) is 5.92 Å². The van der Waals surface area contributed by atoms with Crippen LogP contribution in [0, 0.1) is 11.3 Å². The summed E-state index contributed by atoms with van der Waals surface area (Å²) in [7, 11) is 0. The van der Waals surface area contributed by atoms with Crippen molar-refractivity contribution < 1.29 is 14.7 Å². The van der Waals surface area contributed by atoms with Crippen molar-refractivity contribution in [2.45, 2.75) is 72.8 Å². The van der Waals surface area contributed by atoms with Crippen molar-refractivity contribution in [2.75, 3.05) is 0 Å². The van der Waals surface area contributed by atoms with E-state index in [4.69, 9.17) is 0 Å². The number of unbranched alkanes of at least 4 members (excludes halogenated alkanes) is 1. The van der Waals surface area contributed by atoms with Crippen molar-refractivity contribution in [3.63, 3.8) is 0 Å². The van der Waals surface area contributed by atoms with Crippen LogP contribution in [0.5, 0.6) is 0 Å². The Morgan fingerprint density at radius 2 is 1.68 bits per heavy atom. The van der Waals surface area contributed by atoms with Gasteiger partial charge in [-0.1, -0.05) is 53.9 Å². The molecular weight excluding hydrogens is 242 g/mol. The molecule has 0 heterocycles. The summed E-state index contributed by atoms with van der Waals surface area (Å²) in [6.07, 6.45) is 4.95. The van der Waals surface area contributed by atoms with Crippen molar-refractivity contribution in [3.8, 4) is 0 Å². The average molecular weight is 271 g/mol. The lowest BCUT2D eigenvalue weighted by Gasteiger charge is -2.28. The minimum atomic E-state index is -1.05. The van der Waals surface area contributed by atoms with Crippen LogP contribution in [0.15, 0.2) is 0 Å². The van der Waals surface area contributed by atoms with Crippen LogP contribution in [0.2, 0.25) is 0 Å². The van der Waals surface area contributed by atoms with Crippen LogP contribution in [-0.4, -0.2) is 23.0 Å². The maximum atomic E-state index is 12.2. The number of amides is 1. The predicted molar refractivity (Wildman–Crippen MR) is 76.9 cm³/mol. The summed E-state index contributed by atoms with van der Waals surface area (Å²) in [6.45, 7) is 9.54. The minimum absolute atomic E-state index is 0.0987. The third-order valence-corrected chi connectivity index (χ3v) is 3.26. The Kier molecular flexibility index (Phi) is 7.72. The van der Waals surface area contributed by atoms with E-state index in [0.29, 0.717) is 0 Å². The van der Waals surface area contributed by atoms with Crippen molar-refractivity contribution in [2.24, 2.45) is 11.3 Å². The van der Waals surface area contributed by atoms with E-state index in [2.05, 4.69) is 19.2 Å². The van der Waals surface area contributed by atoms with Gasteiger partial charge < -0.3 is 10.4 Å². The summed E-state index contributed by atoms with van der Waals surface area (Å²) >= 11 is 0. The van der Waals surface area contributed by atoms with Gasteiger partial charge in [0.05, 0.1) is 0 Å². The molecule has 0 aliphatic carbocycles. The highest BCUT2D eigenvalue weighted by Gasteiger charge is 2.38. The van der Waals surface area contributed by atoms with E-state index >= 15 is 0 Å². The van der Waals surface area contributed by atoms with Gasteiger partial charge in [-0.15, -0.1) is 0 Å². The minimum Gasteiger partial charge on any atom is -0.481 e. The number of carboxylic acid groups (broad SMARTS) is 1. The third-order valence-electron chi connectivity index (χ3n) is 3.26.